The topological polar surface area (TPSA) is 63.8 Å². The van der Waals surface area contributed by atoms with Crippen LogP contribution >= 0.6 is 0 Å². The normalized spacial score (nSPS) is 10.3. The van der Waals surface area contributed by atoms with E-state index in [4.69, 9.17) is 5.73 Å². The van der Waals surface area contributed by atoms with E-state index < -0.39 is 0 Å². The van der Waals surface area contributed by atoms with Crippen molar-refractivity contribution in [2.75, 3.05) is 11.1 Å². The molecule has 2 rings (SSSR count). The Morgan fingerprint density at radius 3 is 2.65 bits per heavy atom. The average molecular weight is 232 g/mol. The van der Waals surface area contributed by atoms with Crippen molar-refractivity contribution >= 4 is 17.3 Å². The van der Waals surface area contributed by atoms with Gasteiger partial charge in [0.25, 0.3) is 0 Å². The number of halogens is 1. The summed E-state index contributed by atoms with van der Waals surface area (Å²) in [5.74, 6) is 1.05. The maximum absolute atomic E-state index is 13.5. The van der Waals surface area contributed by atoms with Gasteiger partial charge in [0.2, 0.25) is 0 Å². The van der Waals surface area contributed by atoms with Crippen LogP contribution in [-0.4, -0.2) is 9.97 Å². The van der Waals surface area contributed by atoms with Crippen LogP contribution < -0.4 is 11.1 Å². The number of hydrogen-bond donors (Lipinski definition) is 2. The van der Waals surface area contributed by atoms with Gasteiger partial charge in [-0.3, -0.25) is 0 Å². The summed E-state index contributed by atoms with van der Waals surface area (Å²) >= 11 is 0. The Morgan fingerprint density at radius 2 is 1.94 bits per heavy atom. The Labute approximate surface area is 98.7 Å². The molecular formula is C12H13FN4. The Bertz CT molecular complexity index is 534. The number of aryl methyl sites for hydroxylation is 2. The molecule has 0 saturated carbocycles. The largest absolute Gasteiger partial charge is 0.384 e. The molecule has 0 aliphatic rings. The minimum Gasteiger partial charge on any atom is -0.384 e. The summed E-state index contributed by atoms with van der Waals surface area (Å²) in [5.41, 5.74) is 6.94. The molecule has 0 spiro atoms. The lowest BCUT2D eigenvalue weighted by Gasteiger charge is -2.08. The zero-order valence-corrected chi connectivity index (χ0v) is 9.66. The van der Waals surface area contributed by atoms with Crippen molar-refractivity contribution in [2.24, 2.45) is 0 Å². The van der Waals surface area contributed by atoms with Gasteiger partial charge in [-0.1, -0.05) is 6.07 Å². The number of anilines is 3. The van der Waals surface area contributed by atoms with Crippen molar-refractivity contribution in [3.05, 3.63) is 41.5 Å². The molecule has 5 heteroatoms. The Kier molecular flexibility index (Phi) is 2.91. The summed E-state index contributed by atoms with van der Waals surface area (Å²) in [7, 11) is 0. The smallest absolute Gasteiger partial charge is 0.146 e. The summed E-state index contributed by atoms with van der Waals surface area (Å²) < 4.78 is 13.5. The standard InChI is InChI=1S/C12H13FN4/c1-7-3-4-9(13)10(5-7)17-12-6-11(14)15-8(2)16-12/h3-6H,1-2H3,(H3,14,15,16,17). The van der Waals surface area contributed by atoms with Gasteiger partial charge in [-0.25, -0.2) is 14.4 Å². The molecule has 0 aliphatic heterocycles. The first-order chi connectivity index (χ1) is 8.04. The lowest BCUT2D eigenvalue weighted by molar-refractivity contribution is 0.631. The van der Waals surface area contributed by atoms with E-state index in [9.17, 15) is 4.39 Å². The first kappa shape index (κ1) is 11.3. The van der Waals surface area contributed by atoms with Gasteiger partial charge in [-0.05, 0) is 31.5 Å². The molecule has 1 aromatic heterocycles. The second-order valence-electron chi connectivity index (χ2n) is 3.83. The fourth-order valence-corrected chi connectivity index (χ4v) is 1.53. The van der Waals surface area contributed by atoms with Crippen molar-refractivity contribution in [1.29, 1.82) is 0 Å². The SMILES string of the molecule is Cc1ccc(F)c(Nc2cc(N)nc(C)n2)c1. The van der Waals surface area contributed by atoms with Crippen LogP contribution in [-0.2, 0) is 0 Å². The number of nitrogen functional groups attached to an aromatic ring is 1. The summed E-state index contributed by atoms with van der Waals surface area (Å²) in [6, 6.07) is 6.40. The van der Waals surface area contributed by atoms with E-state index in [2.05, 4.69) is 15.3 Å². The molecule has 0 radical (unpaired) electrons. The molecule has 0 saturated heterocycles. The van der Waals surface area contributed by atoms with Crippen molar-refractivity contribution in [3.8, 4) is 0 Å². The first-order valence-electron chi connectivity index (χ1n) is 5.19. The highest BCUT2D eigenvalue weighted by Gasteiger charge is 2.04. The monoisotopic (exact) mass is 232 g/mol. The van der Waals surface area contributed by atoms with Gasteiger partial charge in [0.05, 0.1) is 5.69 Å². The second kappa shape index (κ2) is 4.37. The van der Waals surface area contributed by atoms with E-state index >= 15 is 0 Å². The van der Waals surface area contributed by atoms with Crippen LogP contribution in [0.5, 0.6) is 0 Å². The summed E-state index contributed by atoms with van der Waals surface area (Å²) in [4.78, 5) is 8.08. The lowest BCUT2D eigenvalue weighted by atomic mass is 10.2. The second-order valence-corrected chi connectivity index (χ2v) is 3.83. The van der Waals surface area contributed by atoms with Crippen LogP contribution in [0.1, 0.15) is 11.4 Å². The van der Waals surface area contributed by atoms with Crippen LogP contribution in [0.25, 0.3) is 0 Å². The molecular weight excluding hydrogens is 219 g/mol. The van der Waals surface area contributed by atoms with Gasteiger partial charge < -0.3 is 11.1 Å². The van der Waals surface area contributed by atoms with E-state index in [1.807, 2.05) is 6.92 Å². The molecule has 1 heterocycles. The zero-order valence-electron chi connectivity index (χ0n) is 9.66. The van der Waals surface area contributed by atoms with Crippen molar-refractivity contribution in [2.45, 2.75) is 13.8 Å². The van der Waals surface area contributed by atoms with E-state index in [0.717, 1.165) is 5.56 Å². The number of aromatic nitrogens is 2. The quantitative estimate of drug-likeness (QED) is 0.835. The molecule has 1 aromatic carbocycles. The molecule has 3 N–H and O–H groups in total. The molecule has 0 aliphatic carbocycles. The van der Waals surface area contributed by atoms with E-state index in [1.54, 1.807) is 25.1 Å². The number of nitrogens with two attached hydrogens (primary N) is 1. The van der Waals surface area contributed by atoms with Crippen LogP contribution in [0.15, 0.2) is 24.3 Å². The third kappa shape index (κ3) is 2.69. The third-order valence-electron chi connectivity index (χ3n) is 2.24. The number of benzene rings is 1. The minimum absolute atomic E-state index is 0.328. The summed E-state index contributed by atoms with van der Waals surface area (Å²) in [6.07, 6.45) is 0. The van der Waals surface area contributed by atoms with Gasteiger partial charge in [-0.15, -0.1) is 0 Å². The Balaban J connectivity index is 2.34. The van der Waals surface area contributed by atoms with Crippen molar-refractivity contribution in [1.82, 2.24) is 9.97 Å². The Hall–Kier alpha value is -2.17. The van der Waals surface area contributed by atoms with Gasteiger partial charge in [0.1, 0.15) is 23.3 Å². The molecule has 0 bridgehead atoms. The summed E-state index contributed by atoms with van der Waals surface area (Å²) in [6.45, 7) is 3.62. The Morgan fingerprint density at radius 1 is 1.18 bits per heavy atom. The van der Waals surface area contributed by atoms with Crippen LogP contribution in [0.4, 0.5) is 21.7 Å². The van der Waals surface area contributed by atoms with Crippen LogP contribution in [0.3, 0.4) is 0 Å². The fraction of sp³-hybridized carbons (Fsp3) is 0.167. The minimum atomic E-state index is -0.328. The van der Waals surface area contributed by atoms with E-state index in [0.29, 0.717) is 23.1 Å². The highest BCUT2D eigenvalue weighted by Crippen LogP contribution is 2.20. The molecule has 17 heavy (non-hydrogen) atoms. The van der Waals surface area contributed by atoms with Gasteiger partial charge in [0.15, 0.2) is 0 Å². The molecule has 88 valence electrons. The van der Waals surface area contributed by atoms with Gasteiger partial charge in [-0.2, -0.15) is 0 Å². The number of hydrogen-bond acceptors (Lipinski definition) is 4. The molecule has 0 unspecified atom stereocenters. The summed E-state index contributed by atoms with van der Waals surface area (Å²) in [5, 5.41) is 2.89. The van der Waals surface area contributed by atoms with E-state index in [1.165, 1.54) is 6.07 Å². The van der Waals surface area contributed by atoms with E-state index in [-0.39, 0.29) is 5.82 Å². The number of rotatable bonds is 2. The predicted molar refractivity (Wildman–Crippen MR) is 65.6 cm³/mol. The molecule has 2 aromatic rings. The average Bonchev–Trinajstić information content (AvgIpc) is 2.22. The fourth-order valence-electron chi connectivity index (χ4n) is 1.53. The van der Waals surface area contributed by atoms with Crippen molar-refractivity contribution in [3.63, 3.8) is 0 Å². The molecule has 0 amide bonds. The zero-order chi connectivity index (χ0) is 12.4. The number of nitrogens with one attached hydrogen (secondary N) is 1. The third-order valence-corrected chi connectivity index (χ3v) is 2.24. The molecule has 0 fully saturated rings. The first-order valence-corrected chi connectivity index (χ1v) is 5.19. The highest BCUT2D eigenvalue weighted by atomic mass is 19.1. The molecule has 4 nitrogen and oxygen atoms in total. The van der Waals surface area contributed by atoms with Crippen molar-refractivity contribution < 1.29 is 4.39 Å². The maximum atomic E-state index is 13.5. The van der Waals surface area contributed by atoms with Gasteiger partial charge >= 0.3 is 0 Å². The van der Waals surface area contributed by atoms with Gasteiger partial charge in [0, 0.05) is 6.07 Å². The predicted octanol–water partition coefficient (Wildman–Crippen LogP) is 2.56. The maximum Gasteiger partial charge on any atom is 0.146 e. The van der Waals surface area contributed by atoms with Crippen LogP contribution in [0, 0.1) is 19.7 Å². The highest BCUT2D eigenvalue weighted by molar-refractivity contribution is 5.59. The lowest BCUT2D eigenvalue weighted by Crippen LogP contribution is -2.02. The van der Waals surface area contributed by atoms with Crippen LogP contribution in [0.2, 0.25) is 0 Å². The molecule has 0 atom stereocenters. The number of nitrogens with zero attached hydrogens (tertiary/aromatic N) is 2.